The van der Waals surface area contributed by atoms with Gasteiger partial charge in [0.15, 0.2) is 0 Å². The topological polar surface area (TPSA) is 49.4 Å². The Morgan fingerprint density at radius 2 is 2.16 bits per heavy atom. The van der Waals surface area contributed by atoms with Crippen molar-refractivity contribution in [3.8, 4) is 0 Å². The van der Waals surface area contributed by atoms with Gasteiger partial charge in [-0.2, -0.15) is 0 Å². The number of piperidine rings is 2. The Hall–Kier alpha value is -1.32. The van der Waals surface area contributed by atoms with Crippen molar-refractivity contribution in [2.24, 2.45) is 11.8 Å². The van der Waals surface area contributed by atoms with Gasteiger partial charge in [-0.25, -0.2) is 0 Å². The molecule has 1 N–H and O–H groups in total. The van der Waals surface area contributed by atoms with E-state index in [1.165, 1.54) is 0 Å². The second kappa shape index (κ2) is 5.35. The number of hydrogen-bond donors (Lipinski definition) is 1. The zero-order valence-corrected chi connectivity index (χ0v) is 11.3. The first-order valence-corrected chi connectivity index (χ1v) is 7.47. The van der Waals surface area contributed by atoms with Gasteiger partial charge in [-0.1, -0.05) is 12.2 Å². The molecule has 3 unspecified atom stereocenters. The molecule has 2 fully saturated rings. The second-order valence-corrected chi connectivity index (χ2v) is 6.03. The Balaban J connectivity index is 1.60. The van der Waals surface area contributed by atoms with Gasteiger partial charge in [0.25, 0.3) is 0 Å². The number of allylic oxidation sites excluding steroid dienone is 2. The molecule has 0 saturated carbocycles. The van der Waals surface area contributed by atoms with Crippen molar-refractivity contribution in [3.63, 3.8) is 0 Å². The van der Waals surface area contributed by atoms with Crippen molar-refractivity contribution in [2.45, 2.75) is 44.6 Å². The van der Waals surface area contributed by atoms with Crippen LogP contribution in [0.25, 0.3) is 0 Å². The zero-order chi connectivity index (χ0) is 13.2. The molecule has 0 spiro atoms. The van der Waals surface area contributed by atoms with Crippen LogP contribution in [0.3, 0.4) is 0 Å². The lowest BCUT2D eigenvalue weighted by Gasteiger charge is -2.42. The summed E-state index contributed by atoms with van der Waals surface area (Å²) in [5, 5.41) is 3.07. The fraction of sp³-hybridized carbons (Fsp3) is 0.733. The summed E-state index contributed by atoms with van der Waals surface area (Å²) >= 11 is 0. The maximum Gasteiger partial charge on any atom is 0.226 e. The predicted octanol–water partition coefficient (Wildman–Crippen LogP) is 1.47. The maximum absolute atomic E-state index is 12.5. The molecule has 19 heavy (non-hydrogen) atoms. The van der Waals surface area contributed by atoms with Crippen molar-refractivity contribution in [1.82, 2.24) is 10.2 Å². The smallest absolute Gasteiger partial charge is 0.226 e. The Morgan fingerprint density at radius 1 is 1.26 bits per heavy atom. The Kier molecular flexibility index (Phi) is 3.58. The minimum absolute atomic E-state index is 0.179. The van der Waals surface area contributed by atoms with Crippen molar-refractivity contribution >= 4 is 11.8 Å². The fourth-order valence-electron chi connectivity index (χ4n) is 3.59. The van der Waals surface area contributed by atoms with E-state index < -0.39 is 0 Å². The highest BCUT2D eigenvalue weighted by Crippen LogP contribution is 2.28. The van der Waals surface area contributed by atoms with E-state index in [4.69, 9.17) is 0 Å². The molecule has 0 aromatic rings. The summed E-state index contributed by atoms with van der Waals surface area (Å²) in [7, 11) is 0. The SMILES string of the molecule is O=C1CCC2CN(C(=O)C3CC=CCC3)CCC2N1. The van der Waals surface area contributed by atoms with E-state index in [0.717, 1.165) is 45.2 Å². The molecule has 3 atom stereocenters. The summed E-state index contributed by atoms with van der Waals surface area (Å²) in [5.41, 5.74) is 0. The quantitative estimate of drug-likeness (QED) is 0.728. The van der Waals surface area contributed by atoms with Gasteiger partial charge in [-0.3, -0.25) is 9.59 Å². The summed E-state index contributed by atoms with van der Waals surface area (Å²) in [5.74, 6) is 1.17. The molecule has 0 aromatic carbocycles. The van der Waals surface area contributed by atoms with E-state index in [0.29, 0.717) is 24.3 Å². The number of hydrogen-bond acceptors (Lipinski definition) is 2. The van der Waals surface area contributed by atoms with Crippen molar-refractivity contribution in [3.05, 3.63) is 12.2 Å². The third-order valence-electron chi connectivity index (χ3n) is 4.75. The number of carbonyl (C=O) groups is 2. The Bertz CT molecular complexity index is 405. The molecule has 2 amide bonds. The van der Waals surface area contributed by atoms with Crippen LogP contribution >= 0.6 is 0 Å². The first-order valence-electron chi connectivity index (χ1n) is 7.47. The highest BCUT2D eigenvalue weighted by Gasteiger charge is 2.36. The van der Waals surface area contributed by atoms with Gasteiger partial charge in [0.05, 0.1) is 0 Å². The third kappa shape index (κ3) is 2.67. The number of amides is 2. The number of likely N-dealkylation sites (tertiary alicyclic amines) is 1. The number of carbonyl (C=O) groups excluding carboxylic acids is 2. The summed E-state index contributed by atoms with van der Waals surface area (Å²) in [6.45, 7) is 1.64. The molecule has 2 saturated heterocycles. The molecule has 1 aliphatic carbocycles. The molecule has 104 valence electrons. The lowest BCUT2D eigenvalue weighted by atomic mass is 9.84. The molecule has 2 heterocycles. The molecule has 3 rings (SSSR count). The minimum Gasteiger partial charge on any atom is -0.353 e. The van der Waals surface area contributed by atoms with Crippen LogP contribution in [0.4, 0.5) is 0 Å². The van der Waals surface area contributed by atoms with E-state index in [2.05, 4.69) is 17.5 Å². The van der Waals surface area contributed by atoms with Gasteiger partial charge < -0.3 is 10.2 Å². The number of nitrogens with zero attached hydrogens (tertiary/aromatic N) is 1. The normalized spacial score (nSPS) is 34.6. The lowest BCUT2D eigenvalue weighted by Crippen LogP contribution is -2.55. The largest absolute Gasteiger partial charge is 0.353 e. The van der Waals surface area contributed by atoms with E-state index in [1.54, 1.807) is 0 Å². The highest BCUT2D eigenvalue weighted by atomic mass is 16.2. The van der Waals surface area contributed by atoms with Crippen LogP contribution in [-0.4, -0.2) is 35.8 Å². The predicted molar refractivity (Wildman–Crippen MR) is 72.3 cm³/mol. The first kappa shape index (κ1) is 12.7. The molecule has 0 radical (unpaired) electrons. The van der Waals surface area contributed by atoms with Gasteiger partial charge >= 0.3 is 0 Å². The van der Waals surface area contributed by atoms with Crippen LogP contribution in [0.5, 0.6) is 0 Å². The van der Waals surface area contributed by atoms with E-state index in [9.17, 15) is 9.59 Å². The molecule has 2 aliphatic heterocycles. The standard InChI is InChI=1S/C15H22N2O2/c18-14-7-6-12-10-17(9-8-13(12)16-14)15(19)11-4-2-1-3-5-11/h1-2,11-13H,3-10H2,(H,16,18). The average molecular weight is 262 g/mol. The first-order chi connectivity index (χ1) is 9.24. The van der Waals surface area contributed by atoms with Gasteiger partial charge in [0.1, 0.15) is 0 Å². The second-order valence-electron chi connectivity index (χ2n) is 6.03. The molecule has 3 aliphatic rings. The van der Waals surface area contributed by atoms with E-state index in [-0.39, 0.29) is 11.8 Å². The van der Waals surface area contributed by atoms with Crippen LogP contribution in [0.1, 0.15) is 38.5 Å². The van der Waals surface area contributed by atoms with Gasteiger partial charge in [-0.05, 0) is 38.0 Å². The van der Waals surface area contributed by atoms with Crippen LogP contribution in [0.15, 0.2) is 12.2 Å². The molecule has 4 heteroatoms. The van der Waals surface area contributed by atoms with E-state index >= 15 is 0 Å². The number of rotatable bonds is 1. The van der Waals surface area contributed by atoms with Gasteiger partial charge in [-0.15, -0.1) is 0 Å². The van der Waals surface area contributed by atoms with E-state index in [1.807, 2.05) is 4.90 Å². The fourth-order valence-corrected chi connectivity index (χ4v) is 3.59. The number of nitrogens with one attached hydrogen (secondary N) is 1. The van der Waals surface area contributed by atoms with Crippen LogP contribution < -0.4 is 5.32 Å². The Labute approximate surface area is 114 Å². The van der Waals surface area contributed by atoms with Crippen molar-refractivity contribution < 1.29 is 9.59 Å². The van der Waals surface area contributed by atoms with Crippen molar-refractivity contribution in [2.75, 3.05) is 13.1 Å². The number of fused-ring (bicyclic) bond motifs is 1. The molecule has 0 aromatic heterocycles. The maximum atomic E-state index is 12.5. The Morgan fingerprint density at radius 3 is 2.95 bits per heavy atom. The highest BCUT2D eigenvalue weighted by molar-refractivity contribution is 5.80. The van der Waals surface area contributed by atoms with Crippen LogP contribution in [-0.2, 0) is 9.59 Å². The summed E-state index contributed by atoms with van der Waals surface area (Å²) in [6.07, 6.45) is 9.72. The third-order valence-corrected chi connectivity index (χ3v) is 4.75. The van der Waals surface area contributed by atoms with Crippen LogP contribution in [0.2, 0.25) is 0 Å². The monoisotopic (exact) mass is 262 g/mol. The summed E-state index contributed by atoms with van der Waals surface area (Å²) in [4.78, 5) is 25.9. The zero-order valence-electron chi connectivity index (χ0n) is 11.3. The molecule has 0 bridgehead atoms. The molecular weight excluding hydrogens is 240 g/mol. The van der Waals surface area contributed by atoms with Gasteiger partial charge in [0, 0.05) is 31.5 Å². The molecule has 4 nitrogen and oxygen atoms in total. The lowest BCUT2D eigenvalue weighted by molar-refractivity contribution is -0.139. The van der Waals surface area contributed by atoms with Gasteiger partial charge in [0.2, 0.25) is 11.8 Å². The van der Waals surface area contributed by atoms with Crippen LogP contribution in [0, 0.1) is 11.8 Å². The minimum atomic E-state index is 0.179. The molecular formula is C15H22N2O2. The van der Waals surface area contributed by atoms with Crippen molar-refractivity contribution in [1.29, 1.82) is 0 Å². The summed E-state index contributed by atoms with van der Waals surface area (Å²) < 4.78 is 0. The average Bonchev–Trinajstić information content (AvgIpc) is 2.47. The summed E-state index contributed by atoms with van der Waals surface area (Å²) in [6, 6.07) is 0.302.